The van der Waals surface area contributed by atoms with Crippen LogP contribution in [0.15, 0.2) is 73.1 Å². The van der Waals surface area contributed by atoms with Crippen LogP contribution in [0.2, 0.25) is 0 Å². The second-order valence-electron chi connectivity index (χ2n) is 7.75. The van der Waals surface area contributed by atoms with Gasteiger partial charge in [-0.05, 0) is 46.4 Å². The van der Waals surface area contributed by atoms with Crippen molar-refractivity contribution in [3.05, 3.63) is 90.0 Å². The van der Waals surface area contributed by atoms with Crippen LogP contribution in [0.4, 0.5) is 5.69 Å². The molecule has 3 heteroatoms. The van der Waals surface area contributed by atoms with Gasteiger partial charge in [-0.2, -0.15) is 0 Å². The van der Waals surface area contributed by atoms with E-state index in [1.54, 1.807) is 0 Å². The number of rotatable bonds is 2. The molecule has 4 aromatic rings. The molecule has 0 atom stereocenters. The van der Waals surface area contributed by atoms with Gasteiger partial charge >= 0.3 is 0 Å². The Kier molecular flexibility index (Phi) is 4.05. The fraction of sp³-hybridized carbons (Fsp3) is 0.167. The fourth-order valence-corrected chi connectivity index (χ4v) is 3.32. The Labute approximate surface area is 159 Å². The van der Waals surface area contributed by atoms with E-state index in [-0.39, 0.29) is 5.41 Å². The van der Waals surface area contributed by atoms with Crippen LogP contribution in [-0.2, 0) is 5.41 Å². The molecule has 1 aromatic heterocycles. The number of fused-ring (bicyclic) bond motifs is 1. The van der Waals surface area contributed by atoms with Crippen molar-refractivity contribution in [3.63, 3.8) is 0 Å². The highest BCUT2D eigenvalue weighted by atomic mass is 15.0. The minimum atomic E-state index is 0.0986. The lowest BCUT2D eigenvalue weighted by molar-refractivity contribution is 0.591. The predicted molar refractivity (Wildman–Crippen MR) is 111 cm³/mol. The van der Waals surface area contributed by atoms with Gasteiger partial charge in [0.05, 0.1) is 17.6 Å². The third-order valence-corrected chi connectivity index (χ3v) is 4.87. The SMILES string of the molecule is [C-]#[N+]c1ccccc1-c1cccc(-n2cnc3cc(C(C)(C)C)ccc32)c1. The molecule has 0 radical (unpaired) electrons. The minimum absolute atomic E-state index is 0.0986. The molecule has 0 saturated heterocycles. The summed E-state index contributed by atoms with van der Waals surface area (Å²) in [4.78, 5) is 8.27. The maximum atomic E-state index is 7.41. The Morgan fingerprint density at radius 1 is 0.926 bits per heavy atom. The molecule has 0 saturated carbocycles. The van der Waals surface area contributed by atoms with Crippen LogP contribution in [0.1, 0.15) is 26.3 Å². The number of aromatic nitrogens is 2. The Bertz CT molecular complexity index is 1170. The first-order valence-corrected chi connectivity index (χ1v) is 9.02. The average molecular weight is 351 g/mol. The van der Waals surface area contributed by atoms with Gasteiger partial charge in [0, 0.05) is 5.69 Å². The molecule has 4 rings (SSSR count). The Hall–Kier alpha value is -3.38. The van der Waals surface area contributed by atoms with Gasteiger partial charge in [0.15, 0.2) is 5.69 Å². The van der Waals surface area contributed by atoms with Gasteiger partial charge in [-0.3, -0.25) is 4.57 Å². The third-order valence-electron chi connectivity index (χ3n) is 4.87. The van der Waals surface area contributed by atoms with Crippen LogP contribution in [0.25, 0.3) is 32.7 Å². The smallest absolute Gasteiger partial charge is 0.194 e. The zero-order valence-corrected chi connectivity index (χ0v) is 15.8. The molecule has 0 aliphatic heterocycles. The summed E-state index contributed by atoms with van der Waals surface area (Å²) in [6.07, 6.45) is 1.87. The normalized spacial score (nSPS) is 11.5. The van der Waals surface area contributed by atoms with Gasteiger partial charge in [0.1, 0.15) is 6.33 Å². The number of benzene rings is 3. The van der Waals surface area contributed by atoms with Gasteiger partial charge in [-0.15, -0.1) is 0 Å². The molecule has 27 heavy (non-hydrogen) atoms. The van der Waals surface area contributed by atoms with E-state index in [2.05, 4.69) is 65.5 Å². The monoisotopic (exact) mass is 351 g/mol. The van der Waals surface area contributed by atoms with E-state index < -0.39 is 0 Å². The van der Waals surface area contributed by atoms with Crippen molar-refractivity contribution < 1.29 is 0 Å². The van der Waals surface area contributed by atoms with Crippen LogP contribution in [0.3, 0.4) is 0 Å². The Balaban J connectivity index is 1.82. The zero-order chi connectivity index (χ0) is 19.0. The van der Waals surface area contributed by atoms with Crippen molar-refractivity contribution in [2.45, 2.75) is 26.2 Å². The van der Waals surface area contributed by atoms with Crippen LogP contribution < -0.4 is 0 Å². The first-order valence-electron chi connectivity index (χ1n) is 9.02. The molecule has 1 heterocycles. The van der Waals surface area contributed by atoms with E-state index in [9.17, 15) is 0 Å². The first-order chi connectivity index (χ1) is 13.0. The maximum Gasteiger partial charge on any atom is 0.194 e. The zero-order valence-electron chi connectivity index (χ0n) is 15.8. The summed E-state index contributed by atoms with van der Waals surface area (Å²) in [6, 6.07) is 22.5. The van der Waals surface area contributed by atoms with Crippen molar-refractivity contribution in [1.82, 2.24) is 9.55 Å². The molecule has 0 N–H and O–H groups in total. The first kappa shape index (κ1) is 17.1. The topological polar surface area (TPSA) is 22.2 Å². The van der Waals surface area contributed by atoms with Crippen LogP contribution in [-0.4, -0.2) is 9.55 Å². The lowest BCUT2D eigenvalue weighted by atomic mass is 9.87. The fourth-order valence-electron chi connectivity index (χ4n) is 3.32. The highest BCUT2D eigenvalue weighted by Gasteiger charge is 2.15. The van der Waals surface area contributed by atoms with Crippen molar-refractivity contribution in [2.24, 2.45) is 0 Å². The highest BCUT2D eigenvalue weighted by Crippen LogP contribution is 2.32. The summed E-state index contributed by atoms with van der Waals surface area (Å²) in [5.74, 6) is 0. The molecule has 0 aliphatic rings. The number of nitrogens with zero attached hydrogens (tertiary/aromatic N) is 3. The lowest BCUT2D eigenvalue weighted by Crippen LogP contribution is -2.10. The van der Waals surface area contributed by atoms with E-state index in [0.717, 1.165) is 27.8 Å². The lowest BCUT2D eigenvalue weighted by Gasteiger charge is -2.18. The molecule has 3 aromatic carbocycles. The number of hydrogen-bond donors (Lipinski definition) is 0. The van der Waals surface area contributed by atoms with E-state index >= 15 is 0 Å². The van der Waals surface area contributed by atoms with E-state index in [4.69, 9.17) is 6.57 Å². The van der Waals surface area contributed by atoms with Crippen molar-refractivity contribution in [3.8, 4) is 16.8 Å². The molecule has 0 spiro atoms. The second-order valence-corrected chi connectivity index (χ2v) is 7.75. The molecular formula is C24H21N3. The molecule has 0 fully saturated rings. The molecule has 132 valence electrons. The van der Waals surface area contributed by atoms with E-state index in [1.165, 1.54) is 5.56 Å². The van der Waals surface area contributed by atoms with Crippen LogP contribution in [0, 0.1) is 6.57 Å². The molecule has 0 unspecified atom stereocenters. The number of para-hydroxylation sites is 1. The Morgan fingerprint density at radius 2 is 1.74 bits per heavy atom. The van der Waals surface area contributed by atoms with Gasteiger partial charge in [-0.25, -0.2) is 9.83 Å². The minimum Gasteiger partial charge on any atom is -0.299 e. The highest BCUT2D eigenvalue weighted by molar-refractivity contribution is 5.81. The largest absolute Gasteiger partial charge is 0.299 e. The number of imidazole rings is 1. The predicted octanol–water partition coefficient (Wildman–Crippen LogP) is 6.54. The van der Waals surface area contributed by atoms with E-state index in [0.29, 0.717) is 5.69 Å². The van der Waals surface area contributed by atoms with Crippen LogP contribution in [0.5, 0.6) is 0 Å². The average Bonchev–Trinajstić information content (AvgIpc) is 3.10. The summed E-state index contributed by atoms with van der Waals surface area (Å²) in [5, 5.41) is 0. The summed E-state index contributed by atoms with van der Waals surface area (Å²) in [7, 11) is 0. The van der Waals surface area contributed by atoms with Crippen molar-refractivity contribution in [2.75, 3.05) is 0 Å². The standard InChI is InChI=1S/C24H21N3/c1-24(2,3)18-12-13-23-22(15-18)26-16-27(23)19-9-7-8-17(14-19)20-10-5-6-11-21(20)25-4/h5-16H,1-3H3. The van der Waals surface area contributed by atoms with Crippen LogP contribution >= 0.6 is 0 Å². The second kappa shape index (κ2) is 6.41. The third kappa shape index (κ3) is 3.11. The van der Waals surface area contributed by atoms with Gasteiger partial charge in [-0.1, -0.05) is 63.2 Å². The molecular weight excluding hydrogens is 330 g/mol. The summed E-state index contributed by atoms with van der Waals surface area (Å²) < 4.78 is 2.10. The quantitative estimate of drug-likeness (QED) is 0.376. The summed E-state index contributed by atoms with van der Waals surface area (Å²) >= 11 is 0. The maximum absolute atomic E-state index is 7.41. The number of hydrogen-bond acceptors (Lipinski definition) is 1. The van der Waals surface area contributed by atoms with E-state index in [1.807, 2.05) is 42.7 Å². The summed E-state index contributed by atoms with van der Waals surface area (Å²) in [6.45, 7) is 14.1. The van der Waals surface area contributed by atoms with Crippen molar-refractivity contribution in [1.29, 1.82) is 0 Å². The molecule has 0 aliphatic carbocycles. The van der Waals surface area contributed by atoms with Crippen molar-refractivity contribution >= 4 is 16.7 Å². The molecule has 0 bridgehead atoms. The molecule has 0 amide bonds. The van der Waals surface area contributed by atoms with Gasteiger partial charge in [0.25, 0.3) is 0 Å². The van der Waals surface area contributed by atoms with Gasteiger partial charge in [0.2, 0.25) is 0 Å². The Morgan fingerprint density at radius 3 is 2.52 bits per heavy atom. The van der Waals surface area contributed by atoms with Gasteiger partial charge < -0.3 is 0 Å². The molecule has 3 nitrogen and oxygen atoms in total. The summed E-state index contributed by atoms with van der Waals surface area (Å²) in [5.41, 5.74) is 7.15.